The Labute approximate surface area is 188 Å². The van der Waals surface area contributed by atoms with E-state index in [1.54, 1.807) is 37.8 Å². The van der Waals surface area contributed by atoms with E-state index in [1.165, 1.54) is 24.3 Å². The average molecular weight is 485 g/mol. The molecule has 0 unspecified atom stereocenters. The van der Waals surface area contributed by atoms with Gasteiger partial charge in [0, 0.05) is 29.6 Å². The molecule has 0 atom stereocenters. The number of nitrogens with zero attached hydrogens (tertiary/aromatic N) is 1. The molecule has 0 bridgehead atoms. The van der Waals surface area contributed by atoms with Crippen LogP contribution in [0.1, 0.15) is 43.1 Å². The Morgan fingerprint density at radius 1 is 1.06 bits per heavy atom. The van der Waals surface area contributed by atoms with Crippen LogP contribution in [-0.2, 0) is 26.3 Å². The van der Waals surface area contributed by atoms with Crippen molar-refractivity contribution >= 4 is 43.1 Å². The fourth-order valence-corrected chi connectivity index (χ4v) is 6.09. The summed E-state index contributed by atoms with van der Waals surface area (Å²) in [5.74, 6) is -0.378. The number of sulfonamides is 1. The molecule has 0 fully saturated rings. The molecule has 0 aromatic heterocycles. The minimum atomic E-state index is -3.94. The van der Waals surface area contributed by atoms with Gasteiger partial charge in [0.15, 0.2) is 9.84 Å². The fraction of sp³-hybridized carbons (Fsp3) is 0.381. The number of aryl methyl sites for hydroxylation is 1. The van der Waals surface area contributed by atoms with Crippen LogP contribution in [0, 0.1) is 0 Å². The van der Waals surface area contributed by atoms with Gasteiger partial charge in [0.25, 0.3) is 5.91 Å². The molecule has 7 nitrogen and oxygen atoms in total. The highest BCUT2D eigenvalue weighted by atomic mass is 35.5. The van der Waals surface area contributed by atoms with E-state index in [2.05, 4.69) is 4.72 Å². The van der Waals surface area contributed by atoms with Crippen molar-refractivity contribution in [1.82, 2.24) is 4.72 Å². The molecule has 1 heterocycles. The maximum atomic E-state index is 13.3. The molecule has 0 saturated heterocycles. The number of rotatable bonds is 4. The summed E-state index contributed by atoms with van der Waals surface area (Å²) in [5.41, 5.74) is 0.846. The zero-order chi connectivity index (χ0) is 23.2. The van der Waals surface area contributed by atoms with Crippen LogP contribution in [0.5, 0.6) is 0 Å². The molecule has 3 rings (SSSR count). The summed E-state index contributed by atoms with van der Waals surface area (Å²) >= 11 is 6.14. The van der Waals surface area contributed by atoms with Crippen LogP contribution in [0.4, 0.5) is 5.69 Å². The molecular weight excluding hydrogens is 460 g/mol. The van der Waals surface area contributed by atoms with Gasteiger partial charge in [-0.05, 0) is 75.6 Å². The number of carbonyl (C=O) groups excluding carboxylic acids is 1. The van der Waals surface area contributed by atoms with Gasteiger partial charge in [0.2, 0.25) is 10.0 Å². The highest BCUT2D eigenvalue weighted by Crippen LogP contribution is 2.32. The second-order valence-corrected chi connectivity index (χ2v) is 12.7. The number of sulfone groups is 1. The Balaban J connectivity index is 2.00. The van der Waals surface area contributed by atoms with Gasteiger partial charge < -0.3 is 4.90 Å². The Bertz CT molecular complexity index is 1250. The quantitative estimate of drug-likeness (QED) is 0.716. The summed E-state index contributed by atoms with van der Waals surface area (Å²) in [5, 5.41) is 0.0186. The zero-order valence-corrected chi connectivity index (χ0v) is 20.2. The van der Waals surface area contributed by atoms with Crippen molar-refractivity contribution in [3.63, 3.8) is 0 Å². The van der Waals surface area contributed by atoms with Gasteiger partial charge in [-0.15, -0.1) is 0 Å². The second kappa shape index (κ2) is 8.20. The highest BCUT2D eigenvalue weighted by Gasteiger charge is 2.28. The van der Waals surface area contributed by atoms with Gasteiger partial charge in [-0.25, -0.2) is 21.6 Å². The van der Waals surface area contributed by atoms with Crippen molar-refractivity contribution in [2.24, 2.45) is 0 Å². The van der Waals surface area contributed by atoms with Gasteiger partial charge in [0.1, 0.15) is 4.90 Å². The molecule has 168 valence electrons. The summed E-state index contributed by atoms with van der Waals surface area (Å²) in [6.07, 6.45) is 2.45. The van der Waals surface area contributed by atoms with Crippen molar-refractivity contribution in [1.29, 1.82) is 0 Å². The number of fused-ring (bicyclic) bond motifs is 1. The Kier molecular flexibility index (Phi) is 6.27. The third-order valence-corrected chi connectivity index (χ3v) is 8.10. The first-order valence-electron chi connectivity index (χ1n) is 9.67. The first-order valence-corrected chi connectivity index (χ1v) is 13.4. The van der Waals surface area contributed by atoms with E-state index in [-0.39, 0.29) is 26.3 Å². The Morgan fingerprint density at radius 2 is 1.74 bits per heavy atom. The molecule has 0 aliphatic carbocycles. The lowest BCUT2D eigenvalue weighted by Crippen LogP contribution is -2.40. The van der Waals surface area contributed by atoms with Crippen LogP contribution < -0.4 is 9.62 Å². The van der Waals surface area contributed by atoms with Gasteiger partial charge in [-0.2, -0.15) is 0 Å². The Morgan fingerprint density at radius 3 is 2.35 bits per heavy atom. The number of carbonyl (C=O) groups is 1. The van der Waals surface area contributed by atoms with Crippen LogP contribution in [-0.4, -0.2) is 41.1 Å². The second-order valence-electron chi connectivity index (χ2n) is 8.62. The molecular formula is C21H25ClN2O5S2. The zero-order valence-electron chi connectivity index (χ0n) is 17.8. The number of halogens is 1. The van der Waals surface area contributed by atoms with Crippen molar-refractivity contribution < 1.29 is 21.6 Å². The molecule has 0 saturated carbocycles. The molecule has 1 amide bonds. The lowest BCUT2D eigenvalue weighted by atomic mass is 10.0. The number of hydrogen-bond donors (Lipinski definition) is 1. The lowest BCUT2D eigenvalue weighted by Gasteiger charge is -2.30. The number of amides is 1. The topological polar surface area (TPSA) is 101 Å². The third-order valence-electron chi connectivity index (χ3n) is 4.75. The summed E-state index contributed by atoms with van der Waals surface area (Å²) < 4.78 is 51.8. The van der Waals surface area contributed by atoms with E-state index in [0.717, 1.165) is 11.8 Å². The van der Waals surface area contributed by atoms with Gasteiger partial charge in [-0.1, -0.05) is 11.6 Å². The van der Waals surface area contributed by atoms with Gasteiger partial charge in [-0.3, -0.25) is 4.79 Å². The molecule has 2 aromatic rings. The summed E-state index contributed by atoms with van der Waals surface area (Å²) in [4.78, 5) is 14.8. The van der Waals surface area contributed by atoms with Crippen LogP contribution in [0.25, 0.3) is 0 Å². The van der Waals surface area contributed by atoms with Gasteiger partial charge in [0.05, 0.1) is 9.92 Å². The highest BCUT2D eigenvalue weighted by molar-refractivity contribution is 7.90. The molecule has 0 spiro atoms. The molecule has 1 aliphatic heterocycles. The summed E-state index contributed by atoms with van der Waals surface area (Å²) in [6.45, 7) is 5.57. The summed E-state index contributed by atoms with van der Waals surface area (Å²) in [7, 11) is -7.30. The normalized spacial score (nSPS) is 14.9. The minimum Gasteiger partial charge on any atom is -0.308 e. The van der Waals surface area contributed by atoms with Crippen LogP contribution in [0.15, 0.2) is 46.2 Å². The Hall–Kier alpha value is -1.94. The van der Waals surface area contributed by atoms with E-state index in [9.17, 15) is 21.6 Å². The van der Waals surface area contributed by atoms with Crippen molar-refractivity contribution in [2.75, 3.05) is 17.7 Å². The van der Waals surface area contributed by atoms with E-state index in [1.807, 2.05) is 0 Å². The monoisotopic (exact) mass is 484 g/mol. The van der Waals surface area contributed by atoms with E-state index in [0.29, 0.717) is 25.1 Å². The molecule has 31 heavy (non-hydrogen) atoms. The molecule has 1 N–H and O–H groups in total. The van der Waals surface area contributed by atoms with E-state index < -0.39 is 25.4 Å². The fourth-order valence-electron chi connectivity index (χ4n) is 3.47. The smallest absolute Gasteiger partial charge is 0.258 e. The number of anilines is 1. The number of nitrogens with one attached hydrogen (secondary N) is 1. The van der Waals surface area contributed by atoms with Crippen molar-refractivity contribution in [3.05, 3.63) is 52.5 Å². The largest absolute Gasteiger partial charge is 0.308 e. The van der Waals surface area contributed by atoms with E-state index in [4.69, 9.17) is 11.6 Å². The van der Waals surface area contributed by atoms with Crippen LogP contribution >= 0.6 is 11.6 Å². The molecule has 0 radical (unpaired) electrons. The van der Waals surface area contributed by atoms with Crippen molar-refractivity contribution in [3.8, 4) is 0 Å². The number of hydrogen-bond acceptors (Lipinski definition) is 5. The van der Waals surface area contributed by atoms with Crippen LogP contribution in [0.3, 0.4) is 0 Å². The lowest BCUT2D eigenvalue weighted by molar-refractivity contribution is 0.0985. The molecule has 10 heteroatoms. The third kappa shape index (κ3) is 5.28. The number of benzene rings is 2. The minimum absolute atomic E-state index is 0.0186. The van der Waals surface area contributed by atoms with Crippen molar-refractivity contribution in [2.45, 2.75) is 48.9 Å². The molecule has 1 aliphatic rings. The predicted molar refractivity (Wildman–Crippen MR) is 121 cm³/mol. The maximum absolute atomic E-state index is 13.3. The standard InChI is InChI=1S/C21H25ClN2O5S2/c1-21(2,3)23-31(28,29)19-13-15(7-9-17(19)22)20(25)24-11-5-6-14-12-16(30(4,26)27)8-10-18(14)24/h7-10,12-13,23H,5-6,11H2,1-4H3. The molecule has 2 aromatic carbocycles. The first kappa shape index (κ1) is 23.7. The van der Waals surface area contributed by atoms with Crippen LogP contribution in [0.2, 0.25) is 5.02 Å². The van der Waals surface area contributed by atoms with Gasteiger partial charge >= 0.3 is 0 Å². The summed E-state index contributed by atoms with van der Waals surface area (Å²) in [6, 6.07) is 8.85. The first-order chi connectivity index (χ1) is 14.2. The average Bonchev–Trinajstić information content (AvgIpc) is 2.64. The maximum Gasteiger partial charge on any atom is 0.258 e. The van der Waals surface area contributed by atoms with E-state index >= 15 is 0 Å². The predicted octanol–water partition coefficient (Wildman–Crippen LogP) is 3.41. The SMILES string of the molecule is CC(C)(C)NS(=O)(=O)c1cc(C(=O)N2CCCc3cc(S(C)(=O)=O)ccc32)ccc1Cl.